The van der Waals surface area contributed by atoms with E-state index in [2.05, 4.69) is 5.32 Å². The molecule has 0 aromatic heterocycles. The van der Waals surface area contributed by atoms with E-state index in [1.807, 2.05) is 30.3 Å². The zero-order valence-electron chi connectivity index (χ0n) is 11.7. The molecule has 2 aromatic rings. The lowest BCUT2D eigenvalue weighted by atomic mass is 10.2. The van der Waals surface area contributed by atoms with E-state index in [-0.39, 0.29) is 0 Å². The molecule has 0 aliphatic heterocycles. The molecular weight excluding hydrogens is 270 g/mol. The number of para-hydroxylation sites is 1. The number of nitrogens with one attached hydrogen (secondary N) is 1. The third-order valence-electron chi connectivity index (χ3n) is 2.69. The lowest BCUT2D eigenvalue weighted by Gasteiger charge is -2.13. The smallest absolute Gasteiger partial charge is 0.211 e. The van der Waals surface area contributed by atoms with E-state index in [1.54, 1.807) is 25.3 Å². The number of carbonyl (C=O) groups excluding carboxylic acids is 1. The van der Waals surface area contributed by atoms with Gasteiger partial charge in [0.1, 0.15) is 12.4 Å². The van der Waals surface area contributed by atoms with E-state index in [0.717, 1.165) is 0 Å². The van der Waals surface area contributed by atoms with Gasteiger partial charge in [0.15, 0.2) is 11.5 Å². The molecule has 0 fully saturated rings. The van der Waals surface area contributed by atoms with Gasteiger partial charge in [0.05, 0.1) is 6.61 Å². The van der Waals surface area contributed by atoms with Crippen LogP contribution < -0.4 is 14.8 Å². The van der Waals surface area contributed by atoms with Crippen LogP contribution >= 0.6 is 0 Å². The van der Waals surface area contributed by atoms with E-state index < -0.39 is 0 Å². The Morgan fingerprint density at radius 1 is 1.05 bits per heavy atom. The first-order chi connectivity index (χ1) is 10.3. The number of rotatable bonds is 8. The average Bonchev–Trinajstić information content (AvgIpc) is 2.51. The lowest BCUT2D eigenvalue weighted by Crippen LogP contribution is -2.05. The Morgan fingerprint density at radius 2 is 1.86 bits per heavy atom. The van der Waals surface area contributed by atoms with Crippen LogP contribution in [0.5, 0.6) is 17.2 Å². The number of carbonyl (C=O) groups is 1. The van der Waals surface area contributed by atoms with E-state index in [4.69, 9.17) is 14.2 Å². The minimum absolute atomic E-state index is 0.395. The van der Waals surface area contributed by atoms with Gasteiger partial charge in [0, 0.05) is 18.9 Å². The second kappa shape index (κ2) is 7.91. The zero-order valence-corrected chi connectivity index (χ0v) is 11.7. The Balaban J connectivity index is 2.19. The number of benzene rings is 2. The maximum Gasteiger partial charge on any atom is 0.211 e. The molecule has 0 aliphatic carbocycles. The van der Waals surface area contributed by atoms with Gasteiger partial charge < -0.3 is 19.5 Å². The second-order valence-corrected chi connectivity index (χ2v) is 4.18. The van der Waals surface area contributed by atoms with E-state index in [9.17, 15) is 4.79 Å². The summed E-state index contributed by atoms with van der Waals surface area (Å²) < 4.78 is 16.4. The molecule has 0 aliphatic rings. The van der Waals surface area contributed by atoms with Crippen LogP contribution in [0.25, 0.3) is 0 Å². The number of ether oxygens (including phenoxy) is 3. The van der Waals surface area contributed by atoms with Crippen LogP contribution in [0.4, 0.5) is 5.69 Å². The van der Waals surface area contributed by atoms with Crippen LogP contribution in [0.3, 0.4) is 0 Å². The fourth-order valence-electron chi connectivity index (χ4n) is 1.71. The molecule has 0 saturated heterocycles. The molecule has 5 nitrogen and oxygen atoms in total. The summed E-state index contributed by atoms with van der Waals surface area (Å²) in [4.78, 5) is 10.5. The first kappa shape index (κ1) is 14.9. The minimum Gasteiger partial charge on any atom is -0.487 e. The molecule has 0 spiro atoms. The first-order valence-electron chi connectivity index (χ1n) is 6.52. The van der Waals surface area contributed by atoms with Crippen LogP contribution in [0.2, 0.25) is 0 Å². The summed E-state index contributed by atoms with van der Waals surface area (Å²) in [6.07, 6.45) is 0.617. The van der Waals surface area contributed by atoms with Crippen molar-refractivity contribution in [2.45, 2.75) is 0 Å². The van der Waals surface area contributed by atoms with Gasteiger partial charge in [-0.15, -0.1) is 0 Å². The van der Waals surface area contributed by atoms with E-state index in [0.29, 0.717) is 42.6 Å². The van der Waals surface area contributed by atoms with Crippen molar-refractivity contribution in [3.63, 3.8) is 0 Å². The van der Waals surface area contributed by atoms with Gasteiger partial charge in [-0.2, -0.15) is 0 Å². The van der Waals surface area contributed by atoms with Crippen molar-refractivity contribution in [1.82, 2.24) is 0 Å². The van der Waals surface area contributed by atoms with Crippen molar-refractivity contribution in [1.29, 1.82) is 0 Å². The van der Waals surface area contributed by atoms with Crippen molar-refractivity contribution in [2.75, 3.05) is 25.6 Å². The molecule has 1 amide bonds. The zero-order chi connectivity index (χ0) is 14.9. The van der Waals surface area contributed by atoms with Gasteiger partial charge in [-0.25, -0.2) is 0 Å². The standard InChI is InChI=1S/C16H17NO4/c1-19-9-10-20-16-11-13(17-12-18)7-8-15(16)21-14-5-3-2-4-6-14/h2-8,11-12H,9-10H2,1H3,(H,17,18). The third-order valence-corrected chi connectivity index (χ3v) is 2.69. The third kappa shape index (κ3) is 4.50. The Hall–Kier alpha value is -2.53. The van der Waals surface area contributed by atoms with E-state index in [1.165, 1.54) is 0 Å². The molecule has 110 valence electrons. The molecule has 0 heterocycles. The van der Waals surface area contributed by atoms with Gasteiger partial charge in [0.2, 0.25) is 6.41 Å². The van der Waals surface area contributed by atoms with Gasteiger partial charge in [-0.1, -0.05) is 18.2 Å². The van der Waals surface area contributed by atoms with Crippen molar-refractivity contribution in [3.05, 3.63) is 48.5 Å². The molecule has 0 radical (unpaired) electrons. The molecule has 21 heavy (non-hydrogen) atoms. The molecule has 0 unspecified atom stereocenters. The predicted molar refractivity (Wildman–Crippen MR) is 80.0 cm³/mol. The van der Waals surface area contributed by atoms with E-state index >= 15 is 0 Å². The van der Waals surface area contributed by atoms with Crippen molar-refractivity contribution in [2.24, 2.45) is 0 Å². The predicted octanol–water partition coefficient (Wildman–Crippen LogP) is 3.07. The fraction of sp³-hybridized carbons (Fsp3) is 0.188. The number of hydrogen-bond donors (Lipinski definition) is 1. The summed E-state index contributed by atoms with van der Waals surface area (Å²) in [6, 6.07) is 14.6. The summed E-state index contributed by atoms with van der Waals surface area (Å²) in [5, 5.41) is 2.58. The Bertz CT molecular complexity index is 572. The maximum absolute atomic E-state index is 10.5. The van der Waals surface area contributed by atoms with Crippen molar-refractivity contribution >= 4 is 12.1 Å². The molecule has 1 N–H and O–H groups in total. The van der Waals surface area contributed by atoms with Crippen LogP contribution in [-0.4, -0.2) is 26.7 Å². The highest BCUT2D eigenvalue weighted by Gasteiger charge is 2.08. The summed E-state index contributed by atoms with van der Waals surface area (Å²) in [7, 11) is 1.61. The number of amides is 1. The van der Waals surface area contributed by atoms with Crippen LogP contribution in [0, 0.1) is 0 Å². The SMILES string of the molecule is COCCOc1cc(NC=O)ccc1Oc1ccccc1. The largest absolute Gasteiger partial charge is 0.487 e. The molecule has 2 rings (SSSR count). The summed E-state index contributed by atoms with van der Waals surface area (Å²) >= 11 is 0. The first-order valence-corrected chi connectivity index (χ1v) is 6.52. The normalized spacial score (nSPS) is 9.95. The summed E-state index contributed by atoms with van der Waals surface area (Å²) in [6.45, 7) is 0.863. The van der Waals surface area contributed by atoms with Crippen molar-refractivity contribution < 1.29 is 19.0 Å². The summed E-state index contributed by atoms with van der Waals surface area (Å²) in [5.41, 5.74) is 0.637. The highest BCUT2D eigenvalue weighted by Crippen LogP contribution is 2.33. The monoisotopic (exact) mass is 287 g/mol. The van der Waals surface area contributed by atoms with Crippen LogP contribution in [-0.2, 0) is 9.53 Å². The Morgan fingerprint density at radius 3 is 2.57 bits per heavy atom. The molecule has 0 bridgehead atoms. The fourth-order valence-corrected chi connectivity index (χ4v) is 1.71. The van der Waals surface area contributed by atoms with Gasteiger partial charge >= 0.3 is 0 Å². The number of hydrogen-bond acceptors (Lipinski definition) is 4. The van der Waals surface area contributed by atoms with Crippen molar-refractivity contribution in [3.8, 4) is 17.2 Å². The number of anilines is 1. The molecule has 2 aromatic carbocycles. The minimum atomic E-state index is 0.395. The molecular formula is C16H17NO4. The lowest BCUT2D eigenvalue weighted by molar-refractivity contribution is -0.105. The molecule has 0 saturated carbocycles. The maximum atomic E-state index is 10.5. The topological polar surface area (TPSA) is 56.8 Å². The highest BCUT2D eigenvalue weighted by atomic mass is 16.5. The Kier molecular flexibility index (Phi) is 5.60. The second-order valence-electron chi connectivity index (χ2n) is 4.18. The molecule has 0 atom stereocenters. The average molecular weight is 287 g/mol. The van der Waals surface area contributed by atoms with Gasteiger partial charge in [-0.05, 0) is 24.3 Å². The van der Waals surface area contributed by atoms with Gasteiger partial charge in [0.25, 0.3) is 0 Å². The van der Waals surface area contributed by atoms with Gasteiger partial charge in [-0.3, -0.25) is 4.79 Å². The number of methoxy groups -OCH3 is 1. The van der Waals surface area contributed by atoms with Crippen LogP contribution in [0.1, 0.15) is 0 Å². The van der Waals surface area contributed by atoms with Crippen LogP contribution in [0.15, 0.2) is 48.5 Å². The Labute approximate surface area is 123 Å². The highest BCUT2D eigenvalue weighted by molar-refractivity contribution is 5.72. The quantitative estimate of drug-likeness (QED) is 0.599. The summed E-state index contributed by atoms with van der Waals surface area (Å²) in [5.74, 6) is 1.83. The molecule has 5 heteroatoms.